The summed E-state index contributed by atoms with van der Waals surface area (Å²) in [6.07, 6.45) is 70.4. The Morgan fingerprint density at radius 2 is 0.582 bits per heavy atom. The quantitative estimate of drug-likeness (QED) is 0.0262. The Morgan fingerprint density at radius 3 is 0.955 bits per heavy atom. The van der Waals surface area contributed by atoms with Crippen LogP contribution in [0.1, 0.15) is 278 Å². The molecule has 1 atom stereocenters. The average Bonchev–Trinajstić information content (AvgIpc) is 3.33. The van der Waals surface area contributed by atoms with Gasteiger partial charge in [-0.3, -0.25) is 14.4 Å². The third-order valence-corrected chi connectivity index (χ3v) is 12.2. The molecule has 0 radical (unpaired) electrons. The zero-order valence-electron chi connectivity index (χ0n) is 44.2. The van der Waals surface area contributed by atoms with Crippen LogP contribution < -0.4 is 0 Å². The van der Waals surface area contributed by atoms with Crippen molar-refractivity contribution in [1.82, 2.24) is 0 Å². The van der Waals surface area contributed by atoms with E-state index in [1.165, 1.54) is 148 Å². The molecule has 0 bridgehead atoms. The smallest absolute Gasteiger partial charge is 0.306 e. The number of esters is 3. The molecular formula is C61H106O6. The van der Waals surface area contributed by atoms with Gasteiger partial charge in [-0.2, -0.15) is 0 Å². The Labute approximate surface area is 414 Å². The van der Waals surface area contributed by atoms with Gasteiger partial charge in [-0.15, -0.1) is 0 Å². The molecule has 0 amide bonds. The van der Waals surface area contributed by atoms with Crippen LogP contribution in [0.15, 0.2) is 72.9 Å². The highest BCUT2D eigenvalue weighted by molar-refractivity contribution is 5.71. The zero-order valence-corrected chi connectivity index (χ0v) is 44.2. The van der Waals surface area contributed by atoms with Gasteiger partial charge >= 0.3 is 17.9 Å². The van der Waals surface area contributed by atoms with Gasteiger partial charge in [0, 0.05) is 19.3 Å². The third-order valence-electron chi connectivity index (χ3n) is 12.2. The molecule has 0 aromatic rings. The molecule has 6 nitrogen and oxygen atoms in total. The number of rotatable bonds is 51. The minimum Gasteiger partial charge on any atom is -0.462 e. The maximum atomic E-state index is 12.8. The number of hydrogen-bond acceptors (Lipinski definition) is 6. The molecule has 0 aliphatic carbocycles. The predicted octanol–water partition coefficient (Wildman–Crippen LogP) is 19.0. The molecule has 0 N–H and O–H groups in total. The van der Waals surface area contributed by atoms with Crippen molar-refractivity contribution in [2.75, 3.05) is 13.2 Å². The molecule has 386 valence electrons. The van der Waals surface area contributed by atoms with Crippen molar-refractivity contribution in [3.05, 3.63) is 72.9 Å². The van der Waals surface area contributed by atoms with Crippen molar-refractivity contribution >= 4 is 17.9 Å². The third kappa shape index (κ3) is 53.7. The van der Waals surface area contributed by atoms with E-state index in [9.17, 15) is 14.4 Å². The van der Waals surface area contributed by atoms with Crippen molar-refractivity contribution in [2.45, 2.75) is 284 Å². The van der Waals surface area contributed by atoms with Gasteiger partial charge in [0.2, 0.25) is 0 Å². The first-order valence-corrected chi connectivity index (χ1v) is 28.4. The molecule has 0 saturated heterocycles. The number of hydrogen-bond donors (Lipinski definition) is 0. The van der Waals surface area contributed by atoms with Gasteiger partial charge in [0.25, 0.3) is 0 Å². The molecule has 0 fully saturated rings. The maximum absolute atomic E-state index is 12.8. The fourth-order valence-electron chi connectivity index (χ4n) is 7.89. The second-order valence-corrected chi connectivity index (χ2v) is 18.8. The summed E-state index contributed by atoms with van der Waals surface area (Å²) < 4.78 is 16.8. The van der Waals surface area contributed by atoms with Crippen LogP contribution in [0, 0.1) is 0 Å². The molecule has 0 spiro atoms. The molecule has 67 heavy (non-hydrogen) atoms. The first-order chi connectivity index (χ1) is 33.0. The topological polar surface area (TPSA) is 78.9 Å². The number of carbonyl (C=O) groups is 3. The van der Waals surface area contributed by atoms with Crippen LogP contribution in [0.3, 0.4) is 0 Å². The molecule has 0 saturated carbocycles. The Kier molecular flexibility index (Phi) is 52.8. The summed E-state index contributed by atoms with van der Waals surface area (Å²) in [5.74, 6) is -0.941. The van der Waals surface area contributed by atoms with Crippen LogP contribution in [0.4, 0.5) is 0 Å². The van der Waals surface area contributed by atoms with Crippen LogP contribution in [-0.4, -0.2) is 37.2 Å². The molecule has 0 aromatic carbocycles. The van der Waals surface area contributed by atoms with Crippen LogP contribution in [-0.2, 0) is 28.6 Å². The van der Waals surface area contributed by atoms with Crippen LogP contribution in [0.2, 0.25) is 0 Å². The highest BCUT2D eigenvalue weighted by Gasteiger charge is 2.19. The number of carbonyl (C=O) groups excluding carboxylic acids is 3. The monoisotopic (exact) mass is 935 g/mol. The van der Waals surface area contributed by atoms with Crippen molar-refractivity contribution in [3.8, 4) is 0 Å². The molecule has 6 heteroatoms. The lowest BCUT2D eigenvalue weighted by atomic mass is 10.1. The van der Waals surface area contributed by atoms with E-state index in [0.29, 0.717) is 19.3 Å². The van der Waals surface area contributed by atoms with E-state index in [1.54, 1.807) is 0 Å². The van der Waals surface area contributed by atoms with Gasteiger partial charge in [0.1, 0.15) is 13.2 Å². The first kappa shape index (κ1) is 63.8. The normalized spacial score (nSPS) is 12.6. The average molecular weight is 936 g/mol. The lowest BCUT2D eigenvalue weighted by Crippen LogP contribution is -2.30. The van der Waals surface area contributed by atoms with Gasteiger partial charge in [0.15, 0.2) is 6.10 Å². The van der Waals surface area contributed by atoms with Gasteiger partial charge in [-0.05, 0) is 109 Å². The molecule has 0 aliphatic rings. The number of ether oxygens (including phenoxy) is 3. The highest BCUT2D eigenvalue weighted by Crippen LogP contribution is 2.15. The summed E-state index contributed by atoms with van der Waals surface area (Å²) in [4.78, 5) is 38.1. The molecular weight excluding hydrogens is 829 g/mol. The van der Waals surface area contributed by atoms with Crippen LogP contribution in [0.5, 0.6) is 0 Å². The highest BCUT2D eigenvalue weighted by atomic mass is 16.6. The minimum atomic E-state index is -0.801. The summed E-state index contributed by atoms with van der Waals surface area (Å²) in [5.41, 5.74) is 0. The number of allylic oxidation sites excluding steroid dienone is 12. The van der Waals surface area contributed by atoms with Gasteiger partial charge in [-0.25, -0.2) is 0 Å². The molecule has 0 heterocycles. The summed E-state index contributed by atoms with van der Waals surface area (Å²) in [6.45, 7) is 6.49. The fourth-order valence-corrected chi connectivity index (χ4v) is 7.89. The van der Waals surface area contributed by atoms with Crippen molar-refractivity contribution < 1.29 is 28.6 Å². The maximum Gasteiger partial charge on any atom is 0.306 e. The number of unbranched alkanes of at least 4 members (excludes halogenated alkanes) is 28. The summed E-state index contributed by atoms with van der Waals surface area (Å²) in [5, 5.41) is 0. The largest absolute Gasteiger partial charge is 0.462 e. The second-order valence-electron chi connectivity index (χ2n) is 18.8. The van der Waals surface area contributed by atoms with E-state index < -0.39 is 6.10 Å². The Morgan fingerprint density at radius 1 is 0.313 bits per heavy atom. The summed E-state index contributed by atoms with van der Waals surface area (Å²) in [7, 11) is 0. The van der Waals surface area contributed by atoms with Gasteiger partial charge < -0.3 is 14.2 Å². The summed E-state index contributed by atoms with van der Waals surface area (Å²) in [6, 6.07) is 0. The van der Waals surface area contributed by atoms with Gasteiger partial charge in [-0.1, -0.05) is 222 Å². The van der Waals surface area contributed by atoms with Crippen LogP contribution >= 0.6 is 0 Å². The molecule has 0 unspecified atom stereocenters. The van der Waals surface area contributed by atoms with E-state index in [0.717, 1.165) is 83.5 Å². The lowest BCUT2D eigenvalue weighted by molar-refractivity contribution is -0.167. The predicted molar refractivity (Wildman–Crippen MR) is 288 cm³/mol. The standard InChI is InChI=1S/C61H106O6/c1-4-7-10-13-16-19-22-25-28-29-30-31-34-36-39-42-45-48-51-54-60(63)66-57-58(67-61(64)55-52-49-46-43-40-37-33-27-24-21-18-15-12-9-6-3)56-65-59(62)53-50-47-44-41-38-35-32-26-23-20-17-14-11-8-5-2/h9,12,18,21,25-28,32-33,40,43,58H,4-8,10-11,13-17,19-20,22-24,29-31,34-39,41-42,44-57H2,1-3H3/b12-9-,21-18-,28-25-,32-26-,33-27-,43-40-/t58-/m0/s1. The lowest BCUT2D eigenvalue weighted by Gasteiger charge is -2.18. The molecule has 0 aromatic heterocycles. The Bertz CT molecular complexity index is 1260. The SMILES string of the molecule is CC/C=C\C/C=C\C/C=C\C/C=C\CCCCC(=O)O[C@@H](COC(=O)CCCCCCC/C=C\CCCCCCCC)COC(=O)CCCCCCCCCCC/C=C\CCCCCCCC. The van der Waals surface area contributed by atoms with E-state index >= 15 is 0 Å². The van der Waals surface area contributed by atoms with Crippen LogP contribution in [0.25, 0.3) is 0 Å². The van der Waals surface area contributed by atoms with Crippen molar-refractivity contribution in [3.63, 3.8) is 0 Å². The van der Waals surface area contributed by atoms with E-state index in [1.807, 2.05) is 0 Å². The summed E-state index contributed by atoms with van der Waals surface area (Å²) >= 11 is 0. The Hall–Kier alpha value is -3.15. The molecule has 0 aliphatic heterocycles. The van der Waals surface area contributed by atoms with E-state index in [2.05, 4.69) is 93.7 Å². The van der Waals surface area contributed by atoms with Crippen molar-refractivity contribution in [1.29, 1.82) is 0 Å². The molecule has 0 rings (SSSR count). The van der Waals surface area contributed by atoms with Gasteiger partial charge in [0.05, 0.1) is 0 Å². The van der Waals surface area contributed by atoms with E-state index in [4.69, 9.17) is 14.2 Å². The minimum absolute atomic E-state index is 0.0951. The fraction of sp³-hybridized carbons (Fsp3) is 0.754. The first-order valence-electron chi connectivity index (χ1n) is 28.4. The van der Waals surface area contributed by atoms with Crippen molar-refractivity contribution in [2.24, 2.45) is 0 Å². The zero-order chi connectivity index (χ0) is 48.6. The van der Waals surface area contributed by atoms with E-state index in [-0.39, 0.29) is 37.5 Å². The Balaban J connectivity index is 4.42. The second kappa shape index (κ2) is 55.4.